The highest BCUT2D eigenvalue weighted by Gasteiger charge is 2.32. The molecule has 10 heteroatoms. The topological polar surface area (TPSA) is 85.9 Å². The summed E-state index contributed by atoms with van der Waals surface area (Å²) in [6, 6.07) is 2.25. The van der Waals surface area contributed by atoms with E-state index in [1.807, 2.05) is 0 Å². The molecule has 2 aromatic heterocycles. The minimum atomic E-state index is -4.54. The Kier molecular flexibility index (Phi) is 3.78. The van der Waals surface area contributed by atoms with Crippen molar-refractivity contribution in [3.05, 3.63) is 40.2 Å². The quantitative estimate of drug-likeness (QED) is 0.693. The Morgan fingerprint density at radius 3 is 2.67 bits per heavy atom. The first kappa shape index (κ1) is 14.8. The van der Waals surface area contributed by atoms with Crippen LogP contribution in [0.1, 0.15) is 12.5 Å². The number of nitrogens with zero attached hydrogens (tertiary/aromatic N) is 4. The van der Waals surface area contributed by atoms with Crippen LogP contribution >= 0.6 is 0 Å². The fourth-order valence-electron chi connectivity index (χ4n) is 1.59. The van der Waals surface area contributed by atoms with E-state index in [4.69, 9.17) is 0 Å². The molecule has 0 aliphatic carbocycles. The average molecular weight is 301 g/mol. The Labute approximate surface area is 116 Å². The van der Waals surface area contributed by atoms with Gasteiger partial charge in [-0.3, -0.25) is 10.1 Å². The summed E-state index contributed by atoms with van der Waals surface area (Å²) in [7, 11) is 0. The molecule has 0 saturated heterocycles. The summed E-state index contributed by atoms with van der Waals surface area (Å²) >= 11 is 0. The van der Waals surface area contributed by atoms with E-state index < -0.39 is 16.7 Å². The first-order valence-electron chi connectivity index (χ1n) is 5.84. The molecule has 0 aliphatic rings. The molecule has 2 heterocycles. The molecular formula is C11H10F3N5O2. The summed E-state index contributed by atoms with van der Waals surface area (Å²) in [5.74, 6) is 0.112. The first-order chi connectivity index (χ1) is 9.81. The summed E-state index contributed by atoms with van der Waals surface area (Å²) < 4.78 is 38.4. The molecule has 1 N–H and O–H groups in total. The molecule has 2 aromatic rings. The summed E-state index contributed by atoms with van der Waals surface area (Å²) in [6.45, 7) is 2.22. The van der Waals surface area contributed by atoms with Crippen LogP contribution in [-0.4, -0.2) is 26.2 Å². The van der Waals surface area contributed by atoms with Gasteiger partial charge in [-0.1, -0.05) is 0 Å². The third kappa shape index (κ3) is 3.27. The van der Waals surface area contributed by atoms with Gasteiger partial charge in [0.25, 0.3) is 5.69 Å². The minimum absolute atomic E-state index is 0.0735. The van der Waals surface area contributed by atoms with E-state index in [9.17, 15) is 23.3 Å². The number of pyridine rings is 1. The Bertz CT molecular complexity index is 668. The number of alkyl halides is 3. The number of nitro groups is 1. The van der Waals surface area contributed by atoms with Crippen LogP contribution in [0, 0.1) is 10.1 Å². The zero-order chi connectivity index (χ0) is 15.6. The smallest absolute Gasteiger partial charge is 0.370 e. The monoisotopic (exact) mass is 301 g/mol. The molecule has 0 amide bonds. The van der Waals surface area contributed by atoms with E-state index in [0.29, 0.717) is 12.7 Å². The SMILES string of the molecule is CCNc1cc([N+](=O)[O-])cc(-n2cc(C(F)(F)F)cn2)n1. The number of hydrogen-bond acceptors (Lipinski definition) is 5. The molecule has 0 aromatic carbocycles. The fourth-order valence-corrected chi connectivity index (χ4v) is 1.59. The molecule has 0 spiro atoms. The van der Waals surface area contributed by atoms with E-state index >= 15 is 0 Å². The van der Waals surface area contributed by atoms with Crippen LogP contribution in [0.5, 0.6) is 0 Å². The van der Waals surface area contributed by atoms with Gasteiger partial charge in [0, 0.05) is 12.7 Å². The van der Waals surface area contributed by atoms with Gasteiger partial charge in [0.1, 0.15) is 5.82 Å². The molecular weight excluding hydrogens is 291 g/mol. The van der Waals surface area contributed by atoms with E-state index in [0.717, 1.165) is 16.9 Å². The highest BCUT2D eigenvalue weighted by molar-refractivity contribution is 5.50. The lowest BCUT2D eigenvalue weighted by Gasteiger charge is -2.06. The second-order valence-corrected chi connectivity index (χ2v) is 4.03. The Hall–Kier alpha value is -2.65. The maximum Gasteiger partial charge on any atom is 0.419 e. The molecule has 2 rings (SSSR count). The Morgan fingerprint density at radius 2 is 2.14 bits per heavy atom. The number of anilines is 1. The van der Waals surface area contributed by atoms with Gasteiger partial charge in [-0.15, -0.1) is 0 Å². The number of halogens is 3. The third-order valence-corrected chi connectivity index (χ3v) is 2.51. The molecule has 7 nitrogen and oxygen atoms in total. The lowest BCUT2D eigenvalue weighted by atomic mass is 10.3. The molecule has 0 bridgehead atoms. The largest absolute Gasteiger partial charge is 0.419 e. The van der Waals surface area contributed by atoms with Gasteiger partial charge >= 0.3 is 6.18 Å². The lowest BCUT2D eigenvalue weighted by molar-refractivity contribution is -0.384. The van der Waals surface area contributed by atoms with Crippen LogP contribution in [0.3, 0.4) is 0 Å². The van der Waals surface area contributed by atoms with Crippen molar-refractivity contribution in [2.24, 2.45) is 0 Å². The Balaban J connectivity index is 2.47. The van der Waals surface area contributed by atoms with Crippen molar-refractivity contribution in [3.8, 4) is 5.82 Å². The zero-order valence-corrected chi connectivity index (χ0v) is 10.8. The van der Waals surface area contributed by atoms with Gasteiger partial charge < -0.3 is 5.32 Å². The van der Waals surface area contributed by atoms with Crippen molar-refractivity contribution in [2.45, 2.75) is 13.1 Å². The maximum atomic E-state index is 12.5. The summed E-state index contributed by atoms with van der Waals surface area (Å²) in [6.07, 6.45) is -3.18. The summed E-state index contributed by atoms with van der Waals surface area (Å²) in [5, 5.41) is 17.2. The molecule has 0 fully saturated rings. The van der Waals surface area contributed by atoms with Gasteiger partial charge in [-0.25, -0.2) is 9.67 Å². The van der Waals surface area contributed by atoms with Crippen LogP contribution in [-0.2, 0) is 6.18 Å². The van der Waals surface area contributed by atoms with Gasteiger partial charge in [-0.05, 0) is 6.92 Å². The molecule has 0 saturated carbocycles. The van der Waals surface area contributed by atoms with E-state index in [1.54, 1.807) is 6.92 Å². The van der Waals surface area contributed by atoms with Crippen LogP contribution in [0.15, 0.2) is 24.5 Å². The minimum Gasteiger partial charge on any atom is -0.370 e. The second-order valence-electron chi connectivity index (χ2n) is 4.03. The predicted molar refractivity (Wildman–Crippen MR) is 67.2 cm³/mol. The van der Waals surface area contributed by atoms with Crippen LogP contribution in [0.25, 0.3) is 5.82 Å². The first-order valence-corrected chi connectivity index (χ1v) is 5.84. The molecule has 0 aliphatic heterocycles. The van der Waals surface area contributed by atoms with Gasteiger partial charge in [0.2, 0.25) is 0 Å². The van der Waals surface area contributed by atoms with E-state index in [1.165, 1.54) is 6.07 Å². The van der Waals surface area contributed by atoms with Gasteiger partial charge in [-0.2, -0.15) is 18.3 Å². The van der Waals surface area contributed by atoms with Gasteiger partial charge in [0.05, 0.1) is 28.8 Å². The number of hydrogen-bond donors (Lipinski definition) is 1. The standard InChI is InChI=1S/C11H10F3N5O2/c1-2-15-9-3-8(19(20)21)4-10(17-9)18-6-7(5-16-18)11(12,13)14/h3-6H,2H2,1H3,(H,15,17). The normalized spacial score (nSPS) is 11.4. The number of nitrogens with one attached hydrogen (secondary N) is 1. The lowest BCUT2D eigenvalue weighted by Crippen LogP contribution is -2.06. The highest BCUT2D eigenvalue weighted by Crippen LogP contribution is 2.29. The van der Waals surface area contributed by atoms with Crippen molar-refractivity contribution in [3.63, 3.8) is 0 Å². The number of aromatic nitrogens is 3. The summed E-state index contributed by atoms with van der Waals surface area (Å²) in [4.78, 5) is 14.2. The second kappa shape index (κ2) is 5.38. The van der Waals surface area contributed by atoms with E-state index in [2.05, 4.69) is 15.4 Å². The molecule has 0 radical (unpaired) electrons. The highest BCUT2D eigenvalue weighted by atomic mass is 19.4. The fraction of sp³-hybridized carbons (Fsp3) is 0.273. The van der Waals surface area contributed by atoms with Crippen molar-refractivity contribution in [1.29, 1.82) is 0 Å². The molecule has 112 valence electrons. The van der Waals surface area contributed by atoms with Crippen LogP contribution in [0.4, 0.5) is 24.7 Å². The average Bonchev–Trinajstić information content (AvgIpc) is 2.88. The summed E-state index contributed by atoms with van der Waals surface area (Å²) in [5.41, 5.74) is -1.25. The molecule has 0 atom stereocenters. The van der Waals surface area contributed by atoms with Crippen molar-refractivity contribution >= 4 is 11.5 Å². The van der Waals surface area contributed by atoms with Crippen molar-refractivity contribution < 1.29 is 18.1 Å². The number of rotatable bonds is 4. The molecule has 21 heavy (non-hydrogen) atoms. The van der Waals surface area contributed by atoms with Gasteiger partial charge in [0.15, 0.2) is 5.82 Å². The van der Waals surface area contributed by atoms with Crippen LogP contribution in [0.2, 0.25) is 0 Å². The predicted octanol–water partition coefficient (Wildman–Crippen LogP) is 2.63. The molecule has 0 unspecified atom stereocenters. The Morgan fingerprint density at radius 1 is 1.43 bits per heavy atom. The van der Waals surface area contributed by atoms with Crippen molar-refractivity contribution in [1.82, 2.24) is 14.8 Å². The third-order valence-electron chi connectivity index (χ3n) is 2.51. The van der Waals surface area contributed by atoms with E-state index in [-0.39, 0.29) is 17.3 Å². The van der Waals surface area contributed by atoms with Crippen molar-refractivity contribution in [2.75, 3.05) is 11.9 Å². The maximum absolute atomic E-state index is 12.5. The zero-order valence-electron chi connectivity index (χ0n) is 10.8. The van der Waals surface area contributed by atoms with Crippen LogP contribution < -0.4 is 5.32 Å².